The van der Waals surface area contributed by atoms with Crippen LogP contribution in [0.5, 0.6) is 0 Å². The van der Waals surface area contributed by atoms with Crippen molar-refractivity contribution in [1.82, 2.24) is 24.1 Å². The van der Waals surface area contributed by atoms with Gasteiger partial charge in [0.1, 0.15) is 11.5 Å². The zero-order valence-corrected chi connectivity index (χ0v) is 14.3. The first-order valence-corrected chi connectivity index (χ1v) is 8.33. The fourth-order valence-electron chi connectivity index (χ4n) is 3.07. The smallest absolute Gasteiger partial charge is 0.157 e. The molecule has 6 nitrogen and oxygen atoms in total. The average Bonchev–Trinajstić information content (AvgIpc) is 3.15. The highest BCUT2D eigenvalue weighted by Crippen LogP contribution is 2.30. The van der Waals surface area contributed by atoms with E-state index in [1.54, 1.807) is 12.4 Å². The van der Waals surface area contributed by atoms with Gasteiger partial charge >= 0.3 is 0 Å². The van der Waals surface area contributed by atoms with Gasteiger partial charge in [-0.05, 0) is 18.9 Å². The van der Waals surface area contributed by atoms with Crippen molar-refractivity contribution >= 4 is 11.5 Å². The Bertz CT molecular complexity index is 999. The molecule has 4 rings (SSSR count). The summed E-state index contributed by atoms with van der Waals surface area (Å²) in [5, 5.41) is 8.01. The molecule has 1 N–H and O–H groups in total. The lowest BCUT2D eigenvalue weighted by atomic mass is 10.1. The first-order chi connectivity index (χ1) is 12.2. The second kappa shape index (κ2) is 6.39. The molecule has 25 heavy (non-hydrogen) atoms. The van der Waals surface area contributed by atoms with Gasteiger partial charge in [0.15, 0.2) is 5.65 Å². The van der Waals surface area contributed by atoms with Crippen LogP contribution in [-0.4, -0.2) is 30.7 Å². The molecule has 0 saturated heterocycles. The molecular formula is C19H20N6. The number of benzene rings is 1. The maximum atomic E-state index is 4.77. The van der Waals surface area contributed by atoms with Gasteiger partial charge < -0.3 is 5.32 Å². The molecule has 0 saturated carbocycles. The van der Waals surface area contributed by atoms with Crippen LogP contribution in [0.25, 0.3) is 16.9 Å². The van der Waals surface area contributed by atoms with Crippen LogP contribution in [-0.2, 0) is 13.5 Å². The molecule has 0 fully saturated rings. The number of anilines is 1. The maximum Gasteiger partial charge on any atom is 0.157 e. The first kappa shape index (κ1) is 15.4. The molecule has 0 radical (unpaired) electrons. The zero-order chi connectivity index (χ0) is 17.2. The van der Waals surface area contributed by atoms with Crippen molar-refractivity contribution in [3.8, 4) is 11.3 Å². The summed E-state index contributed by atoms with van der Waals surface area (Å²) in [6.07, 6.45) is 8.44. The quantitative estimate of drug-likeness (QED) is 0.610. The normalized spacial score (nSPS) is 11.1. The van der Waals surface area contributed by atoms with Crippen molar-refractivity contribution in [2.45, 2.75) is 13.3 Å². The molecule has 0 aliphatic carbocycles. The van der Waals surface area contributed by atoms with E-state index < -0.39 is 0 Å². The third kappa shape index (κ3) is 2.98. The number of nitrogens with one attached hydrogen (secondary N) is 1. The summed E-state index contributed by atoms with van der Waals surface area (Å²) in [4.78, 5) is 8.95. The molecular weight excluding hydrogens is 312 g/mol. The summed E-state index contributed by atoms with van der Waals surface area (Å²) >= 11 is 0. The first-order valence-electron chi connectivity index (χ1n) is 8.33. The summed E-state index contributed by atoms with van der Waals surface area (Å²) in [6.45, 7) is 2.83. The fourth-order valence-corrected chi connectivity index (χ4v) is 3.07. The highest BCUT2D eigenvalue weighted by atomic mass is 15.3. The summed E-state index contributed by atoms with van der Waals surface area (Å²) in [7, 11) is 1.93. The maximum absolute atomic E-state index is 4.77. The van der Waals surface area contributed by atoms with E-state index in [-0.39, 0.29) is 0 Å². The highest BCUT2D eigenvalue weighted by molar-refractivity contribution is 5.77. The number of imidazole rings is 1. The van der Waals surface area contributed by atoms with Crippen molar-refractivity contribution < 1.29 is 0 Å². The SMILES string of the molecule is Cc1nn(C)cc1-c1nc2cnccn2c1NCCc1ccccc1. The summed E-state index contributed by atoms with van der Waals surface area (Å²) in [6, 6.07) is 10.5. The van der Waals surface area contributed by atoms with E-state index in [4.69, 9.17) is 4.98 Å². The number of aryl methyl sites for hydroxylation is 2. The molecule has 0 aliphatic rings. The molecule has 1 aromatic carbocycles. The Morgan fingerprint density at radius 1 is 1.16 bits per heavy atom. The molecule has 3 aromatic heterocycles. The molecule has 0 atom stereocenters. The monoisotopic (exact) mass is 332 g/mol. The number of rotatable bonds is 5. The Kier molecular flexibility index (Phi) is 3.93. The van der Waals surface area contributed by atoms with Crippen LogP contribution in [0, 0.1) is 6.92 Å². The zero-order valence-electron chi connectivity index (χ0n) is 14.3. The van der Waals surface area contributed by atoms with E-state index in [9.17, 15) is 0 Å². The Labute approximate surface area is 146 Å². The van der Waals surface area contributed by atoms with E-state index in [1.165, 1.54) is 5.56 Å². The van der Waals surface area contributed by atoms with E-state index in [0.717, 1.165) is 41.4 Å². The molecule has 6 heteroatoms. The Morgan fingerprint density at radius 3 is 2.76 bits per heavy atom. The number of fused-ring (bicyclic) bond motifs is 1. The second-order valence-electron chi connectivity index (χ2n) is 6.08. The summed E-state index contributed by atoms with van der Waals surface area (Å²) in [5.41, 5.74) is 5.04. The third-order valence-electron chi connectivity index (χ3n) is 4.25. The highest BCUT2D eigenvalue weighted by Gasteiger charge is 2.17. The van der Waals surface area contributed by atoms with Crippen molar-refractivity contribution in [2.24, 2.45) is 7.05 Å². The van der Waals surface area contributed by atoms with Crippen molar-refractivity contribution in [2.75, 3.05) is 11.9 Å². The Balaban J connectivity index is 1.68. The molecule has 4 aromatic rings. The Hall–Kier alpha value is -3.15. The summed E-state index contributed by atoms with van der Waals surface area (Å²) < 4.78 is 3.86. The van der Waals surface area contributed by atoms with Crippen molar-refractivity contribution in [3.05, 3.63) is 66.4 Å². The lowest BCUT2D eigenvalue weighted by molar-refractivity contribution is 0.756. The number of hydrogen-bond acceptors (Lipinski definition) is 4. The van der Waals surface area contributed by atoms with Crippen molar-refractivity contribution in [3.63, 3.8) is 0 Å². The van der Waals surface area contributed by atoms with E-state index in [0.29, 0.717) is 0 Å². The Morgan fingerprint density at radius 2 is 2.00 bits per heavy atom. The lowest BCUT2D eigenvalue weighted by Gasteiger charge is -2.08. The molecule has 0 aliphatic heterocycles. The predicted octanol–water partition coefficient (Wildman–Crippen LogP) is 3.09. The van der Waals surface area contributed by atoms with Crippen LogP contribution in [0.2, 0.25) is 0 Å². The van der Waals surface area contributed by atoms with Gasteiger partial charge in [-0.25, -0.2) is 4.98 Å². The second-order valence-corrected chi connectivity index (χ2v) is 6.08. The van der Waals surface area contributed by atoms with Crippen molar-refractivity contribution in [1.29, 1.82) is 0 Å². The molecule has 3 heterocycles. The molecule has 0 unspecified atom stereocenters. The van der Waals surface area contributed by atoms with Gasteiger partial charge in [0.05, 0.1) is 11.9 Å². The minimum atomic E-state index is 0.822. The standard InChI is InChI=1S/C19H20N6/c1-14-16(13-24(2)23-14)18-19(25-11-10-20-12-17(25)22-18)21-9-8-15-6-4-3-5-7-15/h3-7,10-13,21H,8-9H2,1-2H3. The van der Waals surface area contributed by atoms with Crippen LogP contribution in [0.3, 0.4) is 0 Å². The minimum Gasteiger partial charge on any atom is -0.369 e. The van der Waals surface area contributed by atoms with Gasteiger partial charge in [-0.3, -0.25) is 14.1 Å². The molecule has 0 spiro atoms. The average molecular weight is 332 g/mol. The van der Waals surface area contributed by atoms with Crippen LogP contribution in [0.1, 0.15) is 11.3 Å². The van der Waals surface area contributed by atoms with Gasteiger partial charge in [0.25, 0.3) is 0 Å². The number of hydrogen-bond donors (Lipinski definition) is 1. The van der Waals surface area contributed by atoms with Gasteiger partial charge in [-0.15, -0.1) is 0 Å². The number of aromatic nitrogens is 5. The van der Waals surface area contributed by atoms with Gasteiger partial charge in [-0.1, -0.05) is 30.3 Å². The van der Waals surface area contributed by atoms with Gasteiger partial charge in [0, 0.05) is 37.7 Å². The van der Waals surface area contributed by atoms with Crippen LogP contribution >= 0.6 is 0 Å². The van der Waals surface area contributed by atoms with E-state index >= 15 is 0 Å². The van der Waals surface area contributed by atoms with E-state index in [2.05, 4.69) is 39.7 Å². The topological polar surface area (TPSA) is 60.0 Å². The van der Waals surface area contributed by atoms with Gasteiger partial charge in [-0.2, -0.15) is 5.10 Å². The van der Waals surface area contributed by atoms with Crippen LogP contribution in [0.15, 0.2) is 55.1 Å². The largest absolute Gasteiger partial charge is 0.369 e. The van der Waals surface area contributed by atoms with E-state index in [1.807, 2.05) is 41.5 Å². The molecule has 0 bridgehead atoms. The molecule has 0 amide bonds. The number of nitrogens with zero attached hydrogens (tertiary/aromatic N) is 5. The van der Waals surface area contributed by atoms with Crippen LogP contribution in [0.4, 0.5) is 5.82 Å². The molecule has 126 valence electrons. The van der Waals surface area contributed by atoms with Crippen LogP contribution < -0.4 is 5.32 Å². The van der Waals surface area contributed by atoms with Gasteiger partial charge in [0.2, 0.25) is 0 Å². The lowest BCUT2D eigenvalue weighted by Crippen LogP contribution is -2.07. The third-order valence-corrected chi connectivity index (χ3v) is 4.25. The fraction of sp³-hybridized carbons (Fsp3) is 0.211. The summed E-state index contributed by atoms with van der Waals surface area (Å²) in [5.74, 6) is 0.976. The minimum absolute atomic E-state index is 0.822. The predicted molar refractivity (Wildman–Crippen MR) is 98.6 cm³/mol.